The monoisotopic (exact) mass is 531 g/mol. The van der Waals surface area contributed by atoms with Crippen LogP contribution in [0.3, 0.4) is 0 Å². The van der Waals surface area contributed by atoms with E-state index in [2.05, 4.69) is 5.32 Å². The number of ether oxygens (including phenoxy) is 3. The Kier molecular flexibility index (Phi) is 9.98. The molecule has 0 aromatic heterocycles. The van der Waals surface area contributed by atoms with E-state index < -0.39 is 47.1 Å². The first kappa shape index (κ1) is 29.1. The Labute approximate surface area is 228 Å². The molecule has 0 saturated heterocycles. The molecule has 3 rings (SSSR count). The summed E-state index contributed by atoms with van der Waals surface area (Å²) in [4.78, 5) is 51.6. The normalized spacial score (nSPS) is 12.6. The van der Waals surface area contributed by atoms with Crippen molar-refractivity contribution in [2.75, 3.05) is 21.3 Å². The molecule has 3 aromatic carbocycles. The molecule has 0 unspecified atom stereocenters. The summed E-state index contributed by atoms with van der Waals surface area (Å²) in [6.07, 6.45) is -0.0770. The molecule has 2 atom stereocenters. The van der Waals surface area contributed by atoms with E-state index in [9.17, 15) is 19.2 Å². The van der Waals surface area contributed by atoms with Gasteiger partial charge in [-0.3, -0.25) is 14.4 Å². The van der Waals surface area contributed by atoms with Crippen molar-refractivity contribution < 1.29 is 33.4 Å². The minimum absolute atomic E-state index is 0.0770. The third-order valence-corrected chi connectivity index (χ3v) is 6.96. The van der Waals surface area contributed by atoms with E-state index >= 15 is 0 Å². The van der Waals surface area contributed by atoms with Crippen molar-refractivity contribution >= 4 is 23.8 Å². The van der Waals surface area contributed by atoms with Crippen LogP contribution in [0.5, 0.6) is 0 Å². The van der Waals surface area contributed by atoms with E-state index in [1.165, 1.54) is 14.0 Å². The van der Waals surface area contributed by atoms with Crippen LogP contribution in [0, 0.1) is 11.8 Å². The summed E-state index contributed by atoms with van der Waals surface area (Å²) in [6.45, 7) is 1.49. The molecule has 0 aliphatic rings. The number of methoxy groups -OCH3 is 3. The van der Waals surface area contributed by atoms with Gasteiger partial charge in [0.25, 0.3) is 0 Å². The van der Waals surface area contributed by atoms with Gasteiger partial charge in [0.05, 0.1) is 26.7 Å². The van der Waals surface area contributed by atoms with E-state index in [0.29, 0.717) is 0 Å². The third-order valence-electron chi connectivity index (χ3n) is 6.96. The number of carbonyl (C=O) groups excluding carboxylic acids is 4. The molecule has 0 fully saturated rings. The zero-order chi connectivity index (χ0) is 28.4. The largest absolute Gasteiger partial charge is 0.468 e. The quantitative estimate of drug-likeness (QED) is 0.174. The minimum atomic E-state index is -1.45. The molecule has 0 aliphatic heterocycles. The highest BCUT2D eigenvalue weighted by Gasteiger charge is 2.44. The molecule has 0 radical (unpaired) electrons. The Morgan fingerprint density at radius 1 is 0.641 bits per heavy atom. The molecule has 8 nitrogen and oxygen atoms in total. The number of hydrogen-bond donors (Lipinski definition) is 1. The van der Waals surface area contributed by atoms with Gasteiger partial charge < -0.3 is 19.5 Å². The topological polar surface area (TPSA) is 108 Å². The fraction of sp³-hybridized carbons (Fsp3) is 0.290. The summed E-state index contributed by atoms with van der Waals surface area (Å²) < 4.78 is 14.5. The zero-order valence-corrected chi connectivity index (χ0v) is 22.5. The van der Waals surface area contributed by atoms with Crippen molar-refractivity contribution in [2.45, 2.75) is 24.8 Å². The third kappa shape index (κ3) is 6.34. The van der Waals surface area contributed by atoms with Crippen LogP contribution in [0.25, 0.3) is 0 Å². The van der Waals surface area contributed by atoms with Crippen molar-refractivity contribution in [1.29, 1.82) is 0 Å². The second-order valence-electron chi connectivity index (χ2n) is 9.13. The van der Waals surface area contributed by atoms with Crippen LogP contribution in [0.15, 0.2) is 91.0 Å². The van der Waals surface area contributed by atoms with Gasteiger partial charge >= 0.3 is 17.9 Å². The lowest BCUT2D eigenvalue weighted by Crippen LogP contribution is -2.52. The van der Waals surface area contributed by atoms with Crippen LogP contribution < -0.4 is 5.32 Å². The molecule has 0 heterocycles. The fourth-order valence-electron chi connectivity index (χ4n) is 4.94. The lowest BCUT2D eigenvalue weighted by Gasteiger charge is -2.36. The maximum atomic E-state index is 13.9. The molecule has 0 bridgehead atoms. The maximum absolute atomic E-state index is 13.9. The Morgan fingerprint density at radius 3 is 1.33 bits per heavy atom. The van der Waals surface area contributed by atoms with Gasteiger partial charge in [-0.25, -0.2) is 4.79 Å². The van der Waals surface area contributed by atoms with Crippen molar-refractivity contribution in [2.24, 2.45) is 11.8 Å². The van der Waals surface area contributed by atoms with Crippen molar-refractivity contribution in [1.82, 2.24) is 5.32 Å². The number of benzene rings is 3. The van der Waals surface area contributed by atoms with E-state index in [1.807, 2.05) is 91.0 Å². The van der Waals surface area contributed by atoms with E-state index in [-0.39, 0.29) is 6.42 Å². The van der Waals surface area contributed by atoms with Crippen LogP contribution in [0.1, 0.15) is 30.0 Å². The fourth-order valence-corrected chi connectivity index (χ4v) is 4.94. The maximum Gasteiger partial charge on any atom is 0.328 e. The zero-order valence-electron chi connectivity index (χ0n) is 22.5. The Balaban J connectivity index is 2.09. The van der Waals surface area contributed by atoms with Crippen LogP contribution in [-0.4, -0.2) is 51.2 Å². The molecule has 1 amide bonds. The SMILES string of the molecule is COC(=O)C(C(=O)OC)[C@H](C)[C@H](NC(=O)CC(c1ccccc1)(c1ccccc1)c1ccccc1)C(=O)OC. The summed E-state index contributed by atoms with van der Waals surface area (Å²) in [6, 6.07) is 27.6. The van der Waals surface area contributed by atoms with Gasteiger partial charge in [-0.15, -0.1) is 0 Å². The van der Waals surface area contributed by atoms with Gasteiger partial charge in [-0.05, 0) is 16.7 Å². The lowest BCUT2D eigenvalue weighted by molar-refractivity contribution is -0.163. The summed E-state index contributed by atoms with van der Waals surface area (Å²) in [5.74, 6) is -5.54. The van der Waals surface area contributed by atoms with Gasteiger partial charge in [0.1, 0.15) is 6.04 Å². The van der Waals surface area contributed by atoms with E-state index in [4.69, 9.17) is 14.2 Å². The highest BCUT2D eigenvalue weighted by atomic mass is 16.5. The second kappa shape index (κ2) is 13.4. The number of hydrogen-bond acceptors (Lipinski definition) is 7. The average Bonchev–Trinajstić information content (AvgIpc) is 2.99. The number of amides is 1. The van der Waals surface area contributed by atoms with Crippen molar-refractivity contribution in [3.63, 3.8) is 0 Å². The second-order valence-corrected chi connectivity index (χ2v) is 9.13. The van der Waals surface area contributed by atoms with E-state index in [0.717, 1.165) is 30.9 Å². The first-order valence-electron chi connectivity index (χ1n) is 12.5. The van der Waals surface area contributed by atoms with Crippen LogP contribution in [0.2, 0.25) is 0 Å². The standard InChI is InChI=1S/C31H33NO7/c1-21(26(28(34)37-2)29(35)38-3)27(30(36)39-4)32-25(33)20-31(22-14-8-5-9-15-22,23-16-10-6-11-17-23)24-18-12-7-13-19-24/h5-19,21,26-27H,20H2,1-4H3,(H,32,33)/t21-,27-/m0/s1. The minimum Gasteiger partial charge on any atom is -0.468 e. The Hall–Kier alpha value is -4.46. The molecular weight excluding hydrogens is 498 g/mol. The molecule has 39 heavy (non-hydrogen) atoms. The highest BCUT2D eigenvalue weighted by molar-refractivity contribution is 5.96. The van der Waals surface area contributed by atoms with Crippen LogP contribution in [-0.2, 0) is 38.8 Å². The van der Waals surface area contributed by atoms with Gasteiger partial charge in [-0.1, -0.05) is 97.9 Å². The summed E-state index contributed by atoms with van der Waals surface area (Å²) in [7, 11) is 3.43. The molecule has 8 heteroatoms. The first-order chi connectivity index (χ1) is 18.8. The molecule has 0 spiro atoms. The first-order valence-corrected chi connectivity index (χ1v) is 12.5. The van der Waals surface area contributed by atoms with Crippen molar-refractivity contribution in [3.8, 4) is 0 Å². The molecule has 3 aromatic rings. The molecular formula is C31H33NO7. The summed E-state index contributed by atoms with van der Waals surface area (Å²) in [5, 5.41) is 2.74. The molecule has 0 aliphatic carbocycles. The van der Waals surface area contributed by atoms with E-state index in [1.54, 1.807) is 0 Å². The number of esters is 3. The van der Waals surface area contributed by atoms with Gasteiger partial charge in [0.2, 0.25) is 5.91 Å². The predicted octanol–water partition coefficient (Wildman–Crippen LogP) is 3.67. The van der Waals surface area contributed by atoms with Gasteiger partial charge in [0.15, 0.2) is 5.92 Å². The number of nitrogens with one attached hydrogen (secondary N) is 1. The van der Waals surface area contributed by atoms with Crippen molar-refractivity contribution in [3.05, 3.63) is 108 Å². The molecule has 204 valence electrons. The Bertz CT molecular complexity index is 1150. The summed E-state index contributed by atoms with van der Waals surface area (Å²) >= 11 is 0. The lowest BCUT2D eigenvalue weighted by atomic mass is 9.67. The predicted molar refractivity (Wildman–Crippen MR) is 144 cm³/mol. The summed E-state index contributed by atoms with van der Waals surface area (Å²) in [5.41, 5.74) is 1.72. The molecule has 0 saturated carbocycles. The number of rotatable bonds is 11. The highest BCUT2D eigenvalue weighted by Crippen LogP contribution is 2.42. The van der Waals surface area contributed by atoms with Gasteiger partial charge in [0, 0.05) is 12.3 Å². The smallest absolute Gasteiger partial charge is 0.328 e. The Morgan fingerprint density at radius 2 is 1.00 bits per heavy atom. The number of carbonyl (C=O) groups is 4. The van der Waals surface area contributed by atoms with Gasteiger partial charge in [-0.2, -0.15) is 0 Å². The van der Waals surface area contributed by atoms with Crippen LogP contribution >= 0.6 is 0 Å². The van der Waals surface area contributed by atoms with Crippen LogP contribution in [0.4, 0.5) is 0 Å². The molecule has 1 N–H and O–H groups in total. The average molecular weight is 532 g/mol.